The summed E-state index contributed by atoms with van der Waals surface area (Å²) in [6.07, 6.45) is 2.89. The number of hydrogen-bond donors (Lipinski definition) is 2. The Kier molecular flexibility index (Phi) is 2.51. The van der Waals surface area contributed by atoms with Gasteiger partial charge in [0.25, 0.3) is 0 Å². The van der Waals surface area contributed by atoms with Crippen molar-refractivity contribution in [3.63, 3.8) is 0 Å². The number of halogens is 1. The van der Waals surface area contributed by atoms with Crippen LogP contribution in [0.3, 0.4) is 0 Å². The SMILES string of the molecule is O=C(O)c1cn[nH]c1-c1cccnc1Br. The molecule has 0 saturated heterocycles. The van der Waals surface area contributed by atoms with Gasteiger partial charge in [-0.3, -0.25) is 5.10 Å². The highest BCUT2D eigenvalue weighted by Gasteiger charge is 2.15. The van der Waals surface area contributed by atoms with E-state index in [1.807, 2.05) is 0 Å². The fourth-order valence-electron chi connectivity index (χ4n) is 1.23. The molecule has 2 rings (SSSR count). The van der Waals surface area contributed by atoms with E-state index in [0.717, 1.165) is 0 Å². The Morgan fingerprint density at radius 1 is 1.53 bits per heavy atom. The Morgan fingerprint density at radius 3 is 3.00 bits per heavy atom. The number of aromatic amines is 1. The van der Waals surface area contributed by atoms with Crippen molar-refractivity contribution in [1.29, 1.82) is 0 Å². The van der Waals surface area contributed by atoms with Gasteiger partial charge in [0.2, 0.25) is 0 Å². The van der Waals surface area contributed by atoms with Crippen molar-refractivity contribution in [2.75, 3.05) is 0 Å². The molecular formula is C9H6BrN3O2. The van der Waals surface area contributed by atoms with Crippen LogP contribution in [0.25, 0.3) is 11.3 Å². The molecule has 2 aromatic heterocycles. The number of aromatic nitrogens is 3. The van der Waals surface area contributed by atoms with E-state index >= 15 is 0 Å². The van der Waals surface area contributed by atoms with Gasteiger partial charge < -0.3 is 5.11 Å². The number of nitrogens with one attached hydrogen (secondary N) is 1. The smallest absolute Gasteiger partial charge is 0.339 e. The number of carbonyl (C=O) groups is 1. The quantitative estimate of drug-likeness (QED) is 0.815. The van der Waals surface area contributed by atoms with Crippen molar-refractivity contribution in [3.8, 4) is 11.3 Å². The van der Waals surface area contributed by atoms with Crippen molar-refractivity contribution in [3.05, 3.63) is 34.7 Å². The van der Waals surface area contributed by atoms with Crippen LogP contribution >= 0.6 is 15.9 Å². The monoisotopic (exact) mass is 267 g/mol. The van der Waals surface area contributed by atoms with Gasteiger partial charge in [0.1, 0.15) is 10.2 Å². The van der Waals surface area contributed by atoms with Crippen LogP contribution in [0.1, 0.15) is 10.4 Å². The highest BCUT2D eigenvalue weighted by molar-refractivity contribution is 9.10. The molecule has 0 atom stereocenters. The first kappa shape index (κ1) is 9.85. The molecule has 0 fully saturated rings. The lowest BCUT2D eigenvalue weighted by molar-refractivity contribution is 0.0698. The molecule has 0 amide bonds. The van der Waals surface area contributed by atoms with Crippen molar-refractivity contribution < 1.29 is 9.90 Å². The number of H-pyrrole nitrogens is 1. The minimum Gasteiger partial charge on any atom is -0.478 e. The highest BCUT2D eigenvalue weighted by atomic mass is 79.9. The van der Waals surface area contributed by atoms with Crippen molar-refractivity contribution >= 4 is 21.9 Å². The lowest BCUT2D eigenvalue weighted by Gasteiger charge is -2.01. The summed E-state index contributed by atoms with van der Waals surface area (Å²) in [5.41, 5.74) is 1.25. The molecule has 76 valence electrons. The summed E-state index contributed by atoms with van der Waals surface area (Å²) >= 11 is 3.25. The zero-order valence-corrected chi connectivity index (χ0v) is 9.02. The lowest BCUT2D eigenvalue weighted by atomic mass is 10.1. The van der Waals surface area contributed by atoms with E-state index in [1.165, 1.54) is 6.20 Å². The van der Waals surface area contributed by atoms with E-state index in [2.05, 4.69) is 31.1 Å². The average molecular weight is 268 g/mol. The fourth-order valence-corrected chi connectivity index (χ4v) is 1.67. The van der Waals surface area contributed by atoms with E-state index in [4.69, 9.17) is 5.11 Å². The molecule has 0 spiro atoms. The van der Waals surface area contributed by atoms with Crippen LogP contribution in [0.4, 0.5) is 0 Å². The second-order valence-corrected chi connectivity index (χ2v) is 3.56. The van der Waals surface area contributed by atoms with Gasteiger partial charge in [-0.05, 0) is 28.1 Å². The lowest BCUT2D eigenvalue weighted by Crippen LogP contribution is -1.97. The molecule has 2 aromatic rings. The largest absolute Gasteiger partial charge is 0.478 e. The van der Waals surface area contributed by atoms with Gasteiger partial charge >= 0.3 is 5.97 Å². The number of hydrogen-bond acceptors (Lipinski definition) is 3. The number of carboxylic acids is 1. The highest BCUT2D eigenvalue weighted by Crippen LogP contribution is 2.26. The van der Waals surface area contributed by atoms with Gasteiger partial charge in [0.05, 0.1) is 11.9 Å². The minimum absolute atomic E-state index is 0.128. The molecule has 0 aliphatic carbocycles. The Bertz CT molecular complexity index is 510. The molecular weight excluding hydrogens is 262 g/mol. The van der Waals surface area contributed by atoms with Crippen LogP contribution in [0.5, 0.6) is 0 Å². The molecule has 0 saturated carbocycles. The fraction of sp³-hybridized carbons (Fsp3) is 0. The number of pyridine rings is 1. The molecule has 2 heterocycles. The molecule has 6 heteroatoms. The Hall–Kier alpha value is -1.69. The summed E-state index contributed by atoms with van der Waals surface area (Å²) < 4.78 is 0.580. The van der Waals surface area contributed by atoms with E-state index in [0.29, 0.717) is 15.9 Å². The van der Waals surface area contributed by atoms with Gasteiger partial charge in [-0.2, -0.15) is 5.10 Å². The van der Waals surface area contributed by atoms with Gasteiger partial charge in [-0.1, -0.05) is 0 Å². The number of rotatable bonds is 2. The van der Waals surface area contributed by atoms with Gasteiger partial charge in [0.15, 0.2) is 0 Å². The maximum atomic E-state index is 10.9. The number of carboxylic acid groups (broad SMARTS) is 1. The third kappa shape index (κ3) is 1.75. The van der Waals surface area contributed by atoms with E-state index in [1.54, 1.807) is 18.3 Å². The molecule has 0 aliphatic rings. The summed E-state index contributed by atoms with van der Waals surface area (Å²) in [5, 5.41) is 15.3. The summed E-state index contributed by atoms with van der Waals surface area (Å²) in [4.78, 5) is 14.9. The van der Waals surface area contributed by atoms with Crippen molar-refractivity contribution in [2.45, 2.75) is 0 Å². The van der Waals surface area contributed by atoms with E-state index in [-0.39, 0.29) is 5.56 Å². The van der Waals surface area contributed by atoms with Crippen molar-refractivity contribution in [1.82, 2.24) is 15.2 Å². The molecule has 2 N–H and O–H groups in total. The van der Waals surface area contributed by atoms with Crippen LogP contribution < -0.4 is 0 Å². The topological polar surface area (TPSA) is 78.9 Å². The summed E-state index contributed by atoms with van der Waals surface area (Å²) in [6, 6.07) is 3.49. The number of aromatic carboxylic acids is 1. The molecule has 0 unspecified atom stereocenters. The third-order valence-electron chi connectivity index (χ3n) is 1.90. The molecule has 15 heavy (non-hydrogen) atoms. The van der Waals surface area contributed by atoms with Crippen LogP contribution in [-0.4, -0.2) is 26.3 Å². The minimum atomic E-state index is -1.02. The van der Waals surface area contributed by atoms with Crippen LogP contribution in [-0.2, 0) is 0 Å². The molecule has 5 nitrogen and oxygen atoms in total. The summed E-state index contributed by atoms with van der Waals surface area (Å²) in [6.45, 7) is 0. The molecule has 0 radical (unpaired) electrons. The Labute approximate surface area is 93.3 Å². The maximum absolute atomic E-state index is 10.9. The third-order valence-corrected chi connectivity index (χ3v) is 2.53. The maximum Gasteiger partial charge on any atom is 0.339 e. The van der Waals surface area contributed by atoms with Crippen molar-refractivity contribution in [2.24, 2.45) is 0 Å². The number of nitrogens with zero attached hydrogens (tertiary/aromatic N) is 2. The van der Waals surface area contributed by atoms with Crippen LogP contribution in [0.2, 0.25) is 0 Å². The Morgan fingerprint density at radius 2 is 2.33 bits per heavy atom. The van der Waals surface area contributed by atoms with Gasteiger partial charge in [-0.25, -0.2) is 9.78 Å². The second kappa shape index (κ2) is 3.82. The van der Waals surface area contributed by atoms with Crippen LogP contribution in [0.15, 0.2) is 29.1 Å². The molecule has 0 aromatic carbocycles. The zero-order chi connectivity index (χ0) is 10.8. The Balaban J connectivity index is 2.59. The summed E-state index contributed by atoms with van der Waals surface area (Å²) in [7, 11) is 0. The van der Waals surface area contributed by atoms with Gasteiger partial charge in [-0.15, -0.1) is 0 Å². The normalized spacial score (nSPS) is 10.2. The second-order valence-electron chi connectivity index (χ2n) is 2.81. The average Bonchev–Trinajstić information content (AvgIpc) is 2.67. The van der Waals surface area contributed by atoms with E-state index < -0.39 is 5.97 Å². The van der Waals surface area contributed by atoms with Crippen LogP contribution in [0, 0.1) is 0 Å². The summed E-state index contributed by atoms with van der Waals surface area (Å²) in [5.74, 6) is -1.02. The zero-order valence-electron chi connectivity index (χ0n) is 7.44. The van der Waals surface area contributed by atoms with Gasteiger partial charge in [0, 0.05) is 11.8 Å². The molecule has 0 aliphatic heterocycles. The first-order valence-corrected chi connectivity index (χ1v) is 4.87. The molecule has 0 bridgehead atoms. The first-order chi connectivity index (χ1) is 7.20. The predicted octanol–water partition coefficient (Wildman–Crippen LogP) is 1.93. The van der Waals surface area contributed by atoms with E-state index in [9.17, 15) is 4.79 Å². The standard InChI is InChI=1S/C9H6BrN3O2/c10-8-5(2-1-3-11-8)7-6(9(14)15)4-12-13-7/h1-4H,(H,12,13)(H,14,15). The first-order valence-electron chi connectivity index (χ1n) is 4.07. The predicted molar refractivity (Wildman–Crippen MR) is 56.5 cm³/mol.